The molecule has 1 aromatic heterocycles. The Labute approximate surface area is 103 Å². The monoisotopic (exact) mass is 239 g/mol. The van der Waals surface area contributed by atoms with Crippen LogP contribution in [0.3, 0.4) is 0 Å². The number of halogens is 1. The highest BCUT2D eigenvalue weighted by atomic mass is 19.1. The summed E-state index contributed by atoms with van der Waals surface area (Å²) in [7, 11) is 0. The van der Waals surface area contributed by atoms with E-state index in [4.69, 9.17) is 0 Å². The molecule has 0 amide bonds. The first-order valence-corrected chi connectivity index (χ1v) is 5.62. The van der Waals surface area contributed by atoms with Gasteiger partial charge in [-0.05, 0) is 36.4 Å². The number of carbonyl (C=O) groups excluding carboxylic acids is 1. The van der Waals surface area contributed by atoms with Gasteiger partial charge in [-0.3, -0.25) is 4.79 Å². The third-order valence-electron chi connectivity index (χ3n) is 2.88. The summed E-state index contributed by atoms with van der Waals surface area (Å²) in [6, 6.07) is 15.0. The molecule has 1 N–H and O–H groups in total. The Bertz CT molecular complexity index is 680. The number of aromatic amines is 1. The summed E-state index contributed by atoms with van der Waals surface area (Å²) in [6.07, 6.45) is 0. The molecular weight excluding hydrogens is 229 g/mol. The molecule has 88 valence electrons. The Balaban J connectivity index is 2.03. The van der Waals surface area contributed by atoms with E-state index in [1.165, 1.54) is 24.3 Å². The van der Waals surface area contributed by atoms with Crippen LogP contribution in [0.2, 0.25) is 0 Å². The molecule has 0 unspecified atom stereocenters. The highest BCUT2D eigenvalue weighted by Gasteiger charge is 2.11. The van der Waals surface area contributed by atoms with Crippen LogP contribution in [0.15, 0.2) is 54.6 Å². The van der Waals surface area contributed by atoms with Gasteiger partial charge in [-0.25, -0.2) is 4.39 Å². The number of para-hydroxylation sites is 1. The third-order valence-corrected chi connectivity index (χ3v) is 2.88. The minimum absolute atomic E-state index is 0.133. The van der Waals surface area contributed by atoms with E-state index in [2.05, 4.69) is 4.98 Å². The van der Waals surface area contributed by atoms with Crippen molar-refractivity contribution in [1.82, 2.24) is 4.98 Å². The third kappa shape index (κ3) is 1.80. The molecule has 0 saturated carbocycles. The number of fused-ring (bicyclic) bond motifs is 1. The summed E-state index contributed by atoms with van der Waals surface area (Å²) < 4.78 is 12.8. The molecule has 2 aromatic carbocycles. The van der Waals surface area contributed by atoms with Crippen molar-refractivity contribution in [3.05, 3.63) is 71.7 Å². The second-order valence-corrected chi connectivity index (χ2v) is 4.11. The molecule has 0 bridgehead atoms. The first-order chi connectivity index (χ1) is 8.74. The molecule has 2 nitrogen and oxygen atoms in total. The van der Waals surface area contributed by atoms with Crippen LogP contribution in [0, 0.1) is 5.82 Å². The molecule has 3 aromatic rings. The predicted octanol–water partition coefficient (Wildman–Crippen LogP) is 3.54. The first-order valence-electron chi connectivity index (χ1n) is 5.62. The van der Waals surface area contributed by atoms with Gasteiger partial charge in [0.2, 0.25) is 5.78 Å². The molecule has 0 fully saturated rings. The van der Waals surface area contributed by atoms with Crippen LogP contribution in [0.5, 0.6) is 0 Å². The summed E-state index contributed by atoms with van der Waals surface area (Å²) in [6.45, 7) is 0. The Hall–Kier alpha value is -2.42. The van der Waals surface area contributed by atoms with E-state index < -0.39 is 0 Å². The van der Waals surface area contributed by atoms with Gasteiger partial charge in [0.15, 0.2) is 0 Å². The lowest BCUT2D eigenvalue weighted by Gasteiger charge is -1.97. The summed E-state index contributed by atoms with van der Waals surface area (Å²) >= 11 is 0. The number of aromatic nitrogens is 1. The number of benzene rings is 2. The van der Waals surface area contributed by atoms with Gasteiger partial charge >= 0.3 is 0 Å². The van der Waals surface area contributed by atoms with Crippen molar-refractivity contribution in [2.24, 2.45) is 0 Å². The van der Waals surface area contributed by atoms with E-state index in [9.17, 15) is 9.18 Å². The fourth-order valence-corrected chi connectivity index (χ4v) is 1.95. The topological polar surface area (TPSA) is 32.9 Å². The molecular formula is C15H10FNO. The fraction of sp³-hybridized carbons (Fsp3) is 0. The molecule has 1 heterocycles. The molecule has 3 heteroatoms. The van der Waals surface area contributed by atoms with Gasteiger partial charge in [0.05, 0.1) is 5.69 Å². The van der Waals surface area contributed by atoms with Crippen molar-refractivity contribution in [2.75, 3.05) is 0 Å². The highest BCUT2D eigenvalue weighted by Crippen LogP contribution is 2.17. The molecule has 0 saturated heterocycles. The quantitative estimate of drug-likeness (QED) is 0.682. The van der Waals surface area contributed by atoms with Crippen molar-refractivity contribution < 1.29 is 9.18 Å². The molecule has 0 aliphatic rings. The number of carbonyl (C=O) groups is 1. The second-order valence-electron chi connectivity index (χ2n) is 4.11. The zero-order chi connectivity index (χ0) is 12.5. The number of H-pyrrole nitrogens is 1. The number of ketones is 1. The lowest BCUT2D eigenvalue weighted by Crippen LogP contribution is -2.01. The zero-order valence-corrected chi connectivity index (χ0v) is 9.48. The van der Waals surface area contributed by atoms with E-state index in [1.54, 1.807) is 6.07 Å². The van der Waals surface area contributed by atoms with Gasteiger partial charge in [0.1, 0.15) is 5.82 Å². The Morgan fingerprint density at radius 3 is 2.44 bits per heavy atom. The van der Waals surface area contributed by atoms with Crippen molar-refractivity contribution in [1.29, 1.82) is 0 Å². The van der Waals surface area contributed by atoms with E-state index in [-0.39, 0.29) is 11.6 Å². The largest absolute Gasteiger partial charge is 0.352 e. The zero-order valence-electron chi connectivity index (χ0n) is 9.48. The van der Waals surface area contributed by atoms with E-state index in [1.807, 2.05) is 24.3 Å². The van der Waals surface area contributed by atoms with Crippen molar-refractivity contribution >= 4 is 16.7 Å². The summed E-state index contributed by atoms with van der Waals surface area (Å²) in [5.74, 6) is -0.477. The summed E-state index contributed by atoms with van der Waals surface area (Å²) in [4.78, 5) is 15.2. The number of nitrogens with one attached hydrogen (secondary N) is 1. The minimum atomic E-state index is -0.344. The Morgan fingerprint density at radius 1 is 1.00 bits per heavy atom. The first kappa shape index (κ1) is 10.7. The van der Waals surface area contributed by atoms with E-state index >= 15 is 0 Å². The van der Waals surface area contributed by atoms with Crippen LogP contribution in [0.4, 0.5) is 4.39 Å². The van der Waals surface area contributed by atoms with Gasteiger partial charge in [-0.1, -0.05) is 18.2 Å². The molecule has 0 radical (unpaired) electrons. The molecule has 18 heavy (non-hydrogen) atoms. The Morgan fingerprint density at radius 2 is 1.72 bits per heavy atom. The average Bonchev–Trinajstić information content (AvgIpc) is 2.82. The van der Waals surface area contributed by atoms with Gasteiger partial charge in [-0.15, -0.1) is 0 Å². The van der Waals surface area contributed by atoms with Gasteiger partial charge in [0, 0.05) is 16.5 Å². The highest BCUT2D eigenvalue weighted by molar-refractivity contribution is 6.10. The van der Waals surface area contributed by atoms with Crippen molar-refractivity contribution in [2.45, 2.75) is 0 Å². The fourth-order valence-electron chi connectivity index (χ4n) is 1.95. The van der Waals surface area contributed by atoms with Crippen LogP contribution in [0.25, 0.3) is 10.9 Å². The second kappa shape index (κ2) is 4.11. The number of rotatable bonds is 2. The Kier molecular flexibility index (Phi) is 2.45. The van der Waals surface area contributed by atoms with Gasteiger partial charge in [-0.2, -0.15) is 0 Å². The summed E-state index contributed by atoms with van der Waals surface area (Å²) in [5.41, 5.74) is 1.91. The summed E-state index contributed by atoms with van der Waals surface area (Å²) in [5, 5.41) is 0.989. The van der Waals surface area contributed by atoms with Crippen LogP contribution in [-0.4, -0.2) is 10.8 Å². The SMILES string of the molecule is O=C(c1ccc(F)cc1)c1cc2ccccc2[nH]1. The predicted molar refractivity (Wildman–Crippen MR) is 68.1 cm³/mol. The van der Waals surface area contributed by atoms with Crippen LogP contribution in [0.1, 0.15) is 16.1 Å². The van der Waals surface area contributed by atoms with Crippen molar-refractivity contribution in [3.8, 4) is 0 Å². The van der Waals surface area contributed by atoms with Crippen LogP contribution in [-0.2, 0) is 0 Å². The molecule has 0 atom stereocenters. The maximum absolute atomic E-state index is 12.8. The normalized spacial score (nSPS) is 10.7. The van der Waals surface area contributed by atoms with Crippen LogP contribution >= 0.6 is 0 Å². The number of hydrogen-bond donors (Lipinski definition) is 1. The molecule has 0 aliphatic heterocycles. The van der Waals surface area contributed by atoms with E-state index in [0.717, 1.165) is 10.9 Å². The lowest BCUT2D eigenvalue weighted by atomic mass is 10.1. The van der Waals surface area contributed by atoms with Crippen LogP contribution < -0.4 is 0 Å². The molecule has 0 spiro atoms. The minimum Gasteiger partial charge on any atom is -0.352 e. The average molecular weight is 239 g/mol. The lowest BCUT2D eigenvalue weighted by molar-refractivity contribution is 0.103. The number of hydrogen-bond acceptors (Lipinski definition) is 1. The van der Waals surface area contributed by atoms with E-state index in [0.29, 0.717) is 11.3 Å². The maximum Gasteiger partial charge on any atom is 0.209 e. The standard InChI is InChI=1S/C15H10FNO/c16-12-7-5-10(6-8-12)15(18)14-9-11-3-1-2-4-13(11)17-14/h1-9,17H. The molecule has 0 aliphatic carbocycles. The van der Waals surface area contributed by atoms with Gasteiger partial charge in [0.25, 0.3) is 0 Å². The molecule has 3 rings (SSSR count). The van der Waals surface area contributed by atoms with Crippen molar-refractivity contribution in [3.63, 3.8) is 0 Å². The maximum atomic E-state index is 12.8. The smallest absolute Gasteiger partial charge is 0.209 e. The van der Waals surface area contributed by atoms with Gasteiger partial charge < -0.3 is 4.98 Å².